The van der Waals surface area contributed by atoms with E-state index in [1.54, 1.807) is 7.11 Å². The third-order valence-electron chi connectivity index (χ3n) is 3.51. The van der Waals surface area contributed by atoms with Gasteiger partial charge in [0, 0.05) is 13.7 Å². The number of anilines is 3. The van der Waals surface area contributed by atoms with Crippen molar-refractivity contribution in [2.75, 3.05) is 37.0 Å². The molecule has 1 aromatic carbocycles. The highest BCUT2D eigenvalue weighted by molar-refractivity contribution is 6.33. The number of hydrogen-bond acceptors (Lipinski definition) is 6. The molecule has 122 valence electrons. The lowest BCUT2D eigenvalue weighted by atomic mass is 10.2. The first kappa shape index (κ1) is 16.3. The molecule has 23 heavy (non-hydrogen) atoms. The number of morpholine rings is 1. The fraction of sp³-hybridized carbons (Fsp3) is 0.333. The van der Waals surface area contributed by atoms with Crippen LogP contribution in [0.1, 0.15) is 0 Å². The molecule has 1 aliphatic heterocycles. The Morgan fingerprint density at radius 1 is 1.35 bits per heavy atom. The number of hydrogen-bond donors (Lipinski definition) is 1. The van der Waals surface area contributed by atoms with E-state index in [0.717, 1.165) is 17.9 Å². The van der Waals surface area contributed by atoms with Crippen LogP contribution in [-0.4, -0.2) is 43.1 Å². The number of nitrogens with zero attached hydrogens (tertiary/aromatic N) is 3. The minimum atomic E-state index is -0.242. The van der Waals surface area contributed by atoms with E-state index in [-0.39, 0.29) is 11.6 Å². The van der Waals surface area contributed by atoms with Crippen molar-refractivity contribution in [2.45, 2.75) is 6.29 Å². The Morgan fingerprint density at radius 2 is 2.17 bits per heavy atom. The van der Waals surface area contributed by atoms with Crippen LogP contribution in [0, 0.1) is 0 Å². The van der Waals surface area contributed by atoms with Gasteiger partial charge in [-0.3, -0.25) is 0 Å². The van der Waals surface area contributed by atoms with Crippen LogP contribution >= 0.6 is 23.2 Å². The SMILES string of the molecule is COC1CN(c2ccccc2Nc2nc(Cl)ncc2Cl)CCO1. The van der Waals surface area contributed by atoms with Crippen LogP contribution in [0.5, 0.6) is 0 Å². The van der Waals surface area contributed by atoms with E-state index in [4.69, 9.17) is 32.7 Å². The summed E-state index contributed by atoms with van der Waals surface area (Å²) in [5, 5.41) is 3.76. The molecule has 0 aliphatic carbocycles. The molecule has 2 aromatic rings. The summed E-state index contributed by atoms with van der Waals surface area (Å²) in [4.78, 5) is 10.2. The summed E-state index contributed by atoms with van der Waals surface area (Å²) in [6.07, 6.45) is 1.23. The molecule has 1 unspecified atom stereocenters. The first-order valence-corrected chi connectivity index (χ1v) is 7.86. The maximum atomic E-state index is 6.13. The van der Waals surface area contributed by atoms with Crippen LogP contribution < -0.4 is 10.2 Å². The molecule has 0 radical (unpaired) electrons. The molecular formula is C15H16Cl2N4O2. The Labute approximate surface area is 144 Å². The van der Waals surface area contributed by atoms with Crippen molar-refractivity contribution in [3.63, 3.8) is 0 Å². The predicted octanol–water partition coefficient (Wildman–Crippen LogP) is 3.34. The van der Waals surface area contributed by atoms with Gasteiger partial charge in [-0.15, -0.1) is 0 Å². The maximum absolute atomic E-state index is 6.13. The molecule has 0 spiro atoms. The zero-order valence-electron chi connectivity index (χ0n) is 12.5. The van der Waals surface area contributed by atoms with Gasteiger partial charge in [0.15, 0.2) is 12.1 Å². The second-order valence-electron chi connectivity index (χ2n) is 4.96. The minimum absolute atomic E-state index is 0.139. The number of halogens is 2. The predicted molar refractivity (Wildman–Crippen MR) is 90.7 cm³/mol. The first-order chi connectivity index (χ1) is 11.2. The normalized spacial score (nSPS) is 18.0. The number of benzene rings is 1. The van der Waals surface area contributed by atoms with Gasteiger partial charge in [0.1, 0.15) is 5.02 Å². The van der Waals surface area contributed by atoms with Crippen LogP contribution in [0.3, 0.4) is 0 Å². The fourth-order valence-corrected chi connectivity index (χ4v) is 2.67. The molecule has 0 bridgehead atoms. The van der Waals surface area contributed by atoms with Crippen LogP contribution in [0.25, 0.3) is 0 Å². The van der Waals surface area contributed by atoms with E-state index in [1.807, 2.05) is 24.3 Å². The largest absolute Gasteiger partial charge is 0.362 e. The van der Waals surface area contributed by atoms with E-state index in [9.17, 15) is 0 Å². The van der Waals surface area contributed by atoms with Gasteiger partial charge in [0.2, 0.25) is 5.28 Å². The standard InChI is InChI=1S/C15H16Cl2N4O2/c1-22-13-9-21(6-7-23-13)12-5-3-2-4-11(12)19-14-10(16)8-18-15(17)20-14/h2-5,8,13H,6-7,9H2,1H3,(H,18,19,20). The van der Waals surface area contributed by atoms with Crippen molar-refractivity contribution < 1.29 is 9.47 Å². The highest BCUT2D eigenvalue weighted by Gasteiger charge is 2.22. The van der Waals surface area contributed by atoms with Gasteiger partial charge in [-0.05, 0) is 23.7 Å². The van der Waals surface area contributed by atoms with E-state index in [2.05, 4.69) is 20.2 Å². The minimum Gasteiger partial charge on any atom is -0.362 e. The number of rotatable bonds is 4. The second-order valence-corrected chi connectivity index (χ2v) is 5.71. The molecule has 1 fully saturated rings. The summed E-state index contributed by atoms with van der Waals surface area (Å²) >= 11 is 12.0. The fourth-order valence-electron chi connectivity index (χ4n) is 2.40. The van der Waals surface area contributed by atoms with Gasteiger partial charge >= 0.3 is 0 Å². The lowest BCUT2D eigenvalue weighted by molar-refractivity contribution is -0.128. The third kappa shape index (κ3) is 3.84. The highest BCUT2D eigenvalue weighted by atomic mass is 35.5. The summed E-state index contributed by atoms with van der Waals surface area (Å²) in [6, 6.07) is 7.90. The molecule has 8 heteroatoms. The second kappa shape index (κ2) is 7.31. The summed E-state index contributed by atoms with van der Waals surface area (Å²) in [6.45, 7) is 2.03. The molecular weight excluding hydrogens is 339 g/mol. The van der Waals surface area contributed by atoms with Crippen LogP contribution in [0.15, 0.2) is 30.5 Å². The van der Waals surface area contributed by atoms with E-state index in [0.29, 0.717) is 24.0 Å². The number of aromatic nitrogens is 2. The molecule has 0 amide bonds. The van der Waals surface area contributed by atoms with Gasteiger partial charge in [-0.1, -0.05) is 23.7 Å². The van der Waals surface area contributed by atoms with Gasteiger partial charge in [0.25, 0.3) is 0 Å². The Bertz CT molecular complexity index is 686. The average molecular weight is 355 g/mol. The zero-order chi connectivity index (χ0) is 16.2. The summed E-state index contributed by atoms with van der Waals surface area (Å²) in [7, 11) is 1.64. The summed E-state index contributed by atoms with van der Waals surface area (Å²) in [5.41, 5.74) is 1.89. The molecule has 3 rings (SSSR count). The van der Waals surface area contributed by atoms with Crippen LogP contribution in [0.2, 0.25) is 10.3 Å². The average Bonchev–Trinajstić information content (AvgIpc) is 2.59. The molecule has 1 N–H and O–H groups in total. The van der Waals surface area contributed by atoms with Gasteiger partial charge < -0.3 is 19.7 Å². The smallest absolute Gasteiger partial charge is 0.224 e. The highest BCUT2D eigenvalue weighted by Crippen LogP contribution is 2.31. The monoisotopic (exact) mass is 354 g/mol. The number of nitrogens with one attached hydrogen (secondary N) is 1. The maximum Gasteiger partial charge on any atom is 0.224 e. The van der Waals surface area contributed by atoms with E-state index < -0.39 is 0 Å². The molecule has 1 aromatic heterocycles. The van der Waals surface area contributed by atoms with Crippen molar-refractivity contribution in [1.29, 1.82) is 0 Å². The lowest BCUT2D eigenvalue weighted by Crippen LogP contribution is -2.43. The molecule has 1 saturated heterocycles. The summed E-state index contributed by atoms with van der Waals surface area (Å²) < 4.78 is 10.8. The van der Waals surface area contributed by atoms with Crippen molar-refractivity contribution in [3.8, 4) is 0 Å². The number of methoxy groups -OCH3 is 1. The Kier molecular flexibility index (Phi) is 5.17. The van der Waals surface area contributed by atoms with E-state index >= 15 is 0 Å². The summed E-state index contributed by atoms with van der Waals surface area (Å²) in [5.74, 6) is 0.468. The topological polar surface area (TPSA) is 59.5 Å². The zero-order valence-corrected chi connectivity index (χ0v) is 14.0. The quantitative estimate of drug-likeness (QED) is 0.849. The van der Waals surface area contributed by atoms with E-state index in [1.165, 1.54) is 6.20 Å². The molecule has 1 aliphatic rings. The van der Waals surface area contributed by atoms with Gasteiger partial charge in [-0.2, -0.15) is 4.98 Å². The van der Waals surface area contributed by atoms with Crippen molar-refractivity contribution in [2.24, 2.45) is 0 Å². The third-order valence-corrected chi connectivity index (χ3v) is 3.97. The Balaban J connectivity index is 1.87. The first-order valence-electron chi connectivity index (χ1n) is 7.11. The molecule has 1 atom stereocenters. The van der Waals surface area contributed by atoms with Crippen molar-refractivity contribution >= 4 is 40.4 Å². The molecule has 2 heterocycles. The van der Waals surface area contributed by atoms with Crippen molar-refractivity contribution in [1.82, 2.24) is 9.97 Å². The number of para-hydroxylation sites is 2. The Hall–Kier alpha value is -1.60. The lowest BCUT2D eigenvalue weighted by Gasteiger charge is -2.34. The number of ether oxygens (including phenoxy) is 2. The Morgan fingerprint density at radius 3 is 3.00 bits per heavy atom. The molecule has 0 saturated carbocycles. The van der Waals surface area contributed by atoms with Crippen LogP contribution in [-0.2, 0) is 9.47 Å². The molecule has 6 nitrogen and oxygen atoms in total. The van der Waals surface area contributed by atoms with Crippen molar-refractivity contribution in [3.05, 3.63) is 40.8 Å². The van der Waals surface area contributed by atoms with Gasteiger partial charge in [0.05, 0.1) is 30.7 Å². The van der Waals surface area contributed by atoms with Gasteiger partial charge in [-0.25, -0.2) is 4.98 Å². The van der Waals surface area contributed by atoms with Crippen LogP contribution in [0.4, 0.5) is 17.2 Å².